The predicted octanol–water partition coefficient (Wildman–Crippen LogP) is 1.76. The fourth-order valence-corrected chi connectivity index (χ4v) is 6.58. The number of sulfone groups is 1. The number of methoxy groups -OCH3 is 1. The van der Waals surface area contributed by atoms with Crippen molar-refractivity contribution in [3.05, 3.63) is 40.9 Å². The Kier molecular flexibility index (Phi) is 10.6. The Bertz CT molecular complexity index is 1280. The maximum absolute atomic E-state index is 13.3. The molecule has 0 radical (unpaired) electrons. The Morgan fingerprint density at radius 2 is 2.10 bits per heavy atom. The first-order valence-corrected chi connectivity index (χ1v) is 15.6. The highest BCUT2D eigenvalue weighted by Gasteiger charge is 2.24. The van der Waals surface area contributed by atoms with Crippen LogP contribution in [0.4, 0.5) is 5.13 Å². The lowest BCUT2D eigenvalue weighted by molar-refractivity contribution is -0.122. The SMILES string of the molecule is COCCCS(=O)(=O)c1ccc(/C(=N\O[C@@H]2CCOC2)C(=O)Nc2ncc(CN3CCN(C=O)[C@@H](C)C3)s2)cc1. The summed E-state index contributed by atoms with van der Waals surface area (Å²) in [5.74, 6) is -0.562. The number of aromatic nitrogens is 1. The minimum atomic E-state index is -3.49. The Hall–Kier alpha value is -2.91. The van der Waals surface area contributed by atoms with Gasteiger partial charge in [0.15, 0.2) is 26.8 Å². The highest BCUT2D eigenvalue weighted by molar-refractivity contribution is 7.91. The molecule has 0 aliphatic carbocycles. The number of rotatable bonds is 13. The third-order valence-electron chi connectivity index (χ3n) is 6.70. The van der Waals surface area contributed by atoms with Crippen LogP contribution in [0.1, 0.15) is 30.2 Å². The average molecular weight is 594 g/mol. The summed E-state index contributed by atoms with van der Waals surface area (Å²) in [6, 6.07) is 6.15. The van der Waals surface area contributed by atoms with Crippen LogP contribution >= 0.6 is 11.3 Å². The molecule has 0 spiro atoms. The molecule has 0 saturated carbocycles. The van der Waals surface area contributed by atoms with Crippen LogP contribution in [0.3, 0.4) is 0 Å². The van der Waals surface area contributed by atoms with Gasteiger partial charge in [-0.15, -0.1) is 11.3 Å². The van der Waals surface area contributed by atoms with E-state index in [1.165, 1.54) is 30.6 Å². The average Bonchev–Trinajstić information content (AvgIpc) is 3.62. The summed E-state index contributed by atoms with van der Waals surface area (Å²) in [7, 11) is -1.96. The molecule has 2 saturated heterocycles. The molecule has 1 aromatic carbocycles. The van der Waals surface area contributed by atoms with Crippen LogP contribution in [-0.4, -0.2) is 106 Å². The molecule has 0 unspecified atom stereocenters. The molecule has 218 valence electrons. The molecule has 2 fully saturated rings. The van der Waals surface area contributed by atoms with Crippen LogP contribution in [0, 0.1) is 0 Å². The van der Waals surface area contributed by atoms with Crippen LogP contribution in [0.15, 0.2) is 40.5 Å². The fraction of sp³-hybridized carbons (Fsp3) is 0.538. The van der Waals surface area contributed by atoms with E-state index < -0.39 is 15.7 Å². The number of piperazine rings is 1. The maximum Gasteiger partial charge on any atom is 0.280 e. The fourth-order valence-electron chi connectivity index (χ4n) is 4.44. The lowest BCUT2D eigenvalue weighted by Crippen LogP contribution is -2.50. The second kappa shape index (κ2) is 14.1. The largest absolute Gasteiger partial charge is 0.389 e. The second-order valence-corrected chi connectivity index (χ2v) is 13.0. The summed E-state index contributed by atoms with van der Waals surface area (Å²) < 4.78 is 35.5. The van der Waals surface area contributed by atoms with E-state index in [9.17, 15) is 18.0 Å². The van der Waals surface area contributed by atoms with Crippen molar-refractivity contribution >= 4 is 44.3 Å². The zero-order valence-electron chi connectivity index (χ0n) is 22.7. The first-order valence-electron chi connectivity index (χ1n) is 13.1. The molecular weight excluding hydrogens is 558 g/mol. The van der Waals surface area contributed by atoms with Crippen molar-refractivity contribution in [2.75, 3.05) is 57.6 Å². The third kappa shape index (κ3) is 8.07. The second-order valence-electron chi connectivity index (χ2n) is 9.73. The van der Waals surface area contributed by atoms with E-state index in [-0.39, 0.29) is 28.5 Å². The molecule has 2 amide bonds. The maximum atomic E-state index is 13.3. The zero-order valence-corrected chi connectivity index (χ0v) is 24.3. The minimum Gasteiger partial charge on any atom is -0.389 e. The van der Waals surface area contributed by atoms with Crippen LogP contribution in [0.25, 0.3) is 0 Å². The summed E-state index contributed by atoms with van der Waals surface area (Å²) >= 11 is 1.36. The van der Waals surface area contributed by atoms with Gasteiger partial charge in [-0.1, -0.05) is 17.3 Å². The molecule has 2 aliphatic rings. The van der Waals surface area contributed by atoms with Gasteiger partial charge in [0.25, 0.3) is 5.91 Å². The van der Waals surface area contributed by atoms with Crippen molar-refractivity contribution in [1.29, 1.82) is 0 Å². The molecule has 3 heterocycles. The topological polar surface area (TPSA) is 140 Å². The van der Waals surface area contributed by atoms with E-state index in [0.717, 1.165) is 24.4 Å². The molecule has 14 heteroatoms. The van der Waals surface area contributed by atoms with Gasteiger partial charge < -0.3 is 19.2 Å². The van der Waals surface area contributed by atoms with Gasteiger partial charge in [0.1, 0.15) is 0 Å². The smallest absolute Gasteiger partial charge is 0.280 e. The lowest BCUT2D eigenvalue weighted by atomic mass is 10.1. The van der Waals surface area contributed by atoms with E-state index in [2.05, 4.69) is 20.4 Å². The number of ether oxygens (including phenoxy) is 2. The first-order chi connectivity index (χ1) is 19.3. The van der Waals surface area contributed by atoms with Crippen molar-refractivity contribution in [3.8, 4) is 0 Å². The number of oxime groups is 1. The summed E-state index contributed by atoms with van der Waals surface area (Å²) in [5, 5.41) is 7.35. The quantitative estimate of drug-likeness (QED) is 0.159. The highest BCUT2D eigenvalue weighted by atomic mass is 32.2. The monoisotopic (exact) mass is 593 g/mol. The van der Waals surface area contributed by atoms with Gasteiger partial charge in [0.2, 0.25) is 6.41 Å². The molecule has 2 aliphatic heterocycles. The van der Waals surface area contributed by atoms with Crippen LogP contribution in [-0.2, 0) is 40.3 Å². The summed E-state index contributed by atoms with van der Waals surface area (Å²) in [6.45, 7) is 6.17. The van der Waals surface area contributed by atoms with Gasteiger partial charge in [-0.2, -0.15) is 0 Å². The Morgan fingerprint density at radius 1 is 1.30 bits per heavy atom. The first kappa shape index (κ1) is 30.1. The number of nitrogens with zero attached hydrogens (tertiary/aromatic N) is 4. The molecule has 2 aromatic rings. The Balaban J connectivity index is 1.45. The summed E-state index contributed by atoms with van der Waals surface area (Å²) in [4.78, 5) is 39.6. The number of hydrogen-bond donors (Lipinski definition) is 1. The normalized spacial score (nSPS) is 20.4. The van der Waals surface area contributed by atoms with Gasteiger partial charge in [-0.3, -0.25) is 19.8 Å². The lowest BCUT2D eigenvalue weighted by Gasteiger charge is -2.37. The molecule has 0 bridgehead atoms. The van der Waals surface area contributed by atoms with Crippen molar-refractivity contribution in [1.82, 2.24) is 14.8 Å². The van der Waals surface area contributed by atoms with Crippen LogP contribution < -0.4 is 5.32 Å². The number of hydrogen-bond acceptors (Lipinski definition) is 11. The standard InChI is InChI=1S/C26H35N5O7S2/c1-19-15-30(9-10-31(19)18-32)16-22-14-27-26(39-22)28-25(33)24(29-38-21-8-12-37-17-21)20-4-6-23(7-5-20)40(34,35)13-3-11-36-2/h4-7,14,18-19,21H,3,8-13,15-17H2,1-2H3,(H,27,28,33)/b29-24+/t19-,21+/m0/s1. The van der Waals surface area contributed by atoms with Crippen molar-refractivity contribution in [3.63, 3.8) is 0 Å². The number of nitrogens with one attached hydrogen (secondary N) is 1. The number of amides is 2. The predicted molar refractivity (Wildman–Crippen MR) is 150 cm³/mol. The highest BCUT2D eigenvalue weighted by Crippen LogP contribution is 2.22. The van der Waals surface area contributed by atoms with Crippen LogP contribution in [0.2, 0.25) is 0 Å². The van der Waals surface area contributed by atoms with Crippen molar-refractivity contribution < 1.29 is 32.3 Å². The summed E-state index contributed by atoms with van der Waals surface area (Å²) in [6.07, 6.45) is 3.39. The molecule has 2 atom stereocenters. The molecule has 1 aromatic heterocycles. The Morgan fingerprint density at radius 3 is 2.77 bits per heavy atom. The van der Waals surface area contributed by atoms with Gasteiger partial charge in [-0.25, -0.2) is 13.4 Å². The minimum absolute atomic E-state index is 0.00536. The van der Waals surface area contributed by atoms with Crippen molar-refractivity contribution in [2.24, 2.45) is 5.16 Å². The van der Waals surface area contributed by atoms with E-state index in [4.69, 9.17) is 14.3 Å². The number of carbonyl (C=O) groups excluding carboxylic acids is 2. The van der Waals surface area contributed by atoms with Gasteiger partial charge >= 0.3 is 0 Å². The summed E-state index contributed by atoms with van der Waals surface area (Å²) in [5.41, 5.74) is 0.414. The van der Waals surface area contributed by atoms with Crippen molar-refractivity contribution in [2.45, 2.75) is 43.4 Å². The molecule has 40 heavy (non-hydrogen) atoms. The molecule has 12 nitrogen and oxygen atoms in total. The molecular formula is C26H35N5O7S2. The van der Waals surface area contributed by atoms with Crippen LogP contribution in [0.5, 0.6) is 0 Å². The molecule has 1 N–H and O–H groups in total. The van der Waals surface area contributed by atoms with E-state index in [1.54, 1.807) is 23.2 Å². The number of benzene rings is 1. The number of carbonyl (C=O) groups is 2. The van der Waals surface area contributed by atoms with Gasteiger partial charge in [-0.05, 0) is 25.5 Å². The van der Waals surface area contributed by atoms with E-state index in [0.29, 0.717) is 56.4 Å². The Labute approximate surface area is 238 Å². The van der Waals surface area contributed by atoms with Gasteiger partial charge in [0.05, 0.1) is 23.9 Å². The number of thiazole rings is 1. The van der Waals surface area contributed by atoms with E-state index in [1.807, 2.05) is 6.92 Å². The van der Waals surface area contributed by atoms with E-state index >= 15 is 0 Å². The van der Waals surface area contributed by atoms with Gasteiger partial charge in [0, 0.05) is 69.0 Å². The third-order valence-corrected chi connectivity index (χ3v) is 9.41. The molecule has 4 rings (SSSR count). The zero-order chi connectivity index (χ0) is 28.5. The number of anilines is 1.